The van der Waals surface area contributed by atoms with Crippen LogP contribution in [0.5, 0.6) is 0 Å². The van der Waals surface area contributed by atoms with Crippen LogP contribution in [0.4, 0.5) is 0 Å². The number of aliphatic hydroxyl groups is 1. The lowest BCUT2D eigenvalue weighted by molar-refractivity contribution is -0.161. The molecule has 0 amide bonds. The number of hydrogen-bond donors (Lipinski definition) is 3. The van der Waals surface area contributed by atoms with Gasteiger partial charge in [0, 0.05) is 25.7 Å². The maximum Gasteiger partial charge on any atom is 0.472 e. The van der Waals surface area contributed by atoms with Gasteiger partial charge in [-0.05, 0) is 37.5 Å². The van der Waals surface area contributed by atoms with E-state index in [2.05, 4.69) is 41.5 Å². The molecule has 0 aliphatic rings. The topological polar surface area (TPSA) is 237 Å². The van der Waals surface area contributed by atoms with Crippen molar-refractivity contribution in [3.63, 3.8) is 0 Å². The Morgan fingerprint density at radius 2 is 0.537 bits per heavy atom. The summed E-state index contributed by atoms with van der Waals surface area (Å²) in [6, 6.07) is 0. The van der Waals surface area contributed by atoms with Crippen molar-refractivity contribution in [3.8, 4) is 0 Å². The molecule has 3 N–H and O–H groups in total. The first-order chi connectivity index (χ1) is 45.9. The van der Waals surface area contributed by atoms with Crippen LogP contribution < -0.4 is 0 Å². The van der Waals surface area contributed by atoms with E-state index in [1.807, 2.05) is 0 Å². The molecule has 0 radical (unpaired) electrons. The molecule has 95 heavy (non-hydrogen) atoms. The van der Waals surface area contributed by atoms with Gasteiger partial charge in [0.25, 0.3) is 0 Å². The van der Waals surface area contributed by atoms with E-state index in [9.17, 15) is 43.2 Å². The second kappa shape index (κ2) is 67.9. The Kier molecular flexibility index (Phi) is 66.5. The molecular weight excluding hydrogens is 1250 g/mol. The molecule has 0 fully saturated rings. The van der Waals surface area contributed by atoms with Gasteiger partial charge in [-0.3, -0.25) is 37.3 Å². The summed E-state index contributed by atoms with van der Waals surface area (Å²) in [7, 11) is -9.91. The third-order valence-corrected chi connectivity index (χ3v) is 20.0. The summed E-state index contributed by atoms with van der Waals surface area (Å²) in [5, 5.41) is 10.6. The highest BCUT2D eigenvalue weighted by Crippen LogP contribution is 2.45. The van der Waals surface area contributed by atoms with Crippen LogP contribution in [0.15, 0.2) is 0 Å². The predicted molar refractivity (Wildman–Crippen MR) is 386 cm³/mol. The second-order valence-corrected chi connectivity index (χ2v) is 31.0. The number of aliphatic hydroxyl groups excluding tert-OH is 1. The van der Waals surface area contributed by atoms with Crippen molar-refractivity contribution in [2.24, 2.45) is 11.8 Å². The SMILES string of the molecule is CCCCCCCCCCCCCCCCCCCCCC(=O)O[C@H](COC(=O)CCCCCCCCCCCCCCCCCC)COP(=O)(O)OC[C@@H](O)COP(=O)(O)OC[C@@H](COC(=O)CCCCCCCCC(C)CC)OC(=O)CCCCCCCCCC(C)C. The Morgan fingerprint density at radius 1 is 0.305 bits per heavy atom. The average Bonchev–Trinajstić information content (AvgIpc) is 3.69. The summed E-state index contributed by atoms with van der Waals surface area (Å²) in [4.78, 5) is 72.8. The normalized spacial score (nSPS) is 14.3. The molecule has 6 atom stereocenters. The van der Waals surface area contributed by atoms with E-state index in [1.54, 1.807) is 0 Å². The molecule has 19 heteroatoms. The number of phosphoric ester groups is 2. The van der Waals surface area contributed by atoms with Crippen molar-refractivity contribution in [1.82, 2.24) is 0 Å². The third kappa shape index (κ3) is 69.0. The molecule has 0 heterocycles. The number of phosphoric acid groups is 2. The maximum atomic E-state index is 13.1. The van der Waals surface area contributed by atoms with Crippen molar-refractivity contribution in [2.75, 3.05) is 39.6 Å². The molecule has 0 rings (SSSR count). The van der Waals surface area contributed by atoms with E-state index >= 15 is 0 Å². The van der Waals surface area contributed by atoms with Crippen molar-refractivity contribution in [1.29, 1.82) is 0 Å². The van der Waals surface area contributed by atoms with E-state index < -0.39 is 97.5 Å². The molecule has 564 valence electrons. The van der Waals surface area contributed by atoms with Crippen LogP contribution in [0.2, 0.25) is 0 Å². The van der Waals surface area contributed by atoms with Crippen LogP contribution in [0.3, 0.4) is 0 Å². The highest BCUT2D eigenvalue weighted by molar-refractivity contribution is 7.47. The zero-order valence-corrected chi connectivity index (χ0v) is 63.8. The van der Waals surface area contributed by atoms with Gasteiger partial charge in [0.15, 0.2) is 12.2 Å². The zero-order valence-electron chi connectivity index (χ0n) is 62.0. The number of carbonyl (C=O) groups excluding carboxylic acids is 4. The zero-order chi connectivity index (χ0) is 70.0. The smallest absolute Gasteiger partial charge is 0.462 e. The lowest BCUT2D eigenvalue weighted by Crippen LogP contribution is -2.30. The van der Waals surface area contributed by atoms with Crippen molar-refractivity contribution >= 4 is 39.5 Å². The Morgan fingerprint density at radius 3 is 0.800 bits per heavy atom. The summed E-state index contributed by atoms with van der Waals surface area (Å²) in [5.41, 5.74) is 0. The molecule has 0 aliphatic heterocycles. The average molecular weight is 1400 g/mol. The van der Waals surface area contributed by atoms with Crippen LogP contribution >= 0.6 is 15.6 Å². The van der Waals surface area contributed by atoms with Crippen molar-refractivity contribution in [3.05, 3.63) is 0 Å². The monoisotopic (exact) mass is 1400 g/mol. The van der Waals surface area contributed by atoms with Gasteiger partial charge in [0.1, 0.15) is 19.3 Å². The summed E-state index contributed by atoms with van der Waals surface area (Å²) >= 11 is 0. The van der Waals surface area contributed by atoms with Crippen molar-refractivity contribution in [2.45, 2.75) is 413 Å². The van der Waals surface area contributed by atoms with Crippen LogP contribution in [0.25, 0.3) is 0 Å². The summed E-state index contributed by atoms with van der Waals surface area (Å²) in [5.74, 6) is -0.693. The Balaban J connectivity index is 5.22. The molecule has 0 aromatic heterocycles. The third-order valence-electron chi connectivity index (χ3n) is 18.1. The number of esters is 4. The van der Waals surface area contributed by atoms with Gasteiger partial charge in [-0.2, -0.15) is 0 Å². The molecular formula is C76H148O17P2. The maximum absolute atomic E-state index is 13.1. The fraction of sp³-hybridized carbons (Fsp3) is 0.947. The van der Waals surface area contributed by atoms with E-state index in [4.69, 9.17) is 37.0 Å². The summed E-state index contributed by atoms with van der Waals surface area (Å²) < 4.78 is 68.5. The standard InChI is InChI=1S/C76H148O17P2/c1-7-10-12-14-16-18-20-22-24-26-27-28-30-32-34-36-40-48-54-60-75(80)92-71(64-86-73(78)58-52-46-39-35-33-31-29-25-23-21-19-17-15-13-11-8-2)66-90-94(82,83)88-62-70(77)63-89-95(84,85)91-67-72(93-76(81)61-55-49-41-37-38-44-50-56-68(4)5)65-87-74(79)59-53-47-43-42-45-51-57-69(6)9-3/h68-72,77H,7-67H2,1-6H3,(H,82,83)(H,84,85)/t69?,70-,71-,72-/m1/s1. The lowest BCUT2D eigenvalue weighted by atomic mass is 10.00. The van der Waals surface area contributed by atoms with Crippen molar-refractivity contribution < 1.29 is 80.2 Å². The van der Waals surface area contributed by atoms with Gasteiger partial charge in [0.05, 0.1) is 26.4 Å². The van der Waals surface area contributed by atoms with Gasteiger partial charge < -0.3 is 33.8 Å². The molecule has 0 saturated heterocycles. The van der Waals surface area contributed by atoms with Crippen LogP contribution in [-0.4, -0.2) is 96.7 Å². The number of carbonyl (C=O) groups is 4. The number of unbranched alkanes of at least 4 members (excludes halogenated alkanes) is 44. The van der Waals surface area contributed by atoms with Gasteiger partial charge in [-0.1, -0.05) is 343 Å². The molecule has 0 aromatic carbocycles. The van der Waals surface area contributed by atoms with Gasteiger partial charge in [-0.25, -0.2) is 9.13 Å². The van der Waals surface area contributed by atoms with Gasteiger partial charge >= 0.3 is 39.5 Å². The fourth-order valence-corrected chi connectivity index (χ4v) is 13.2. The molecule has 17 nitrogen and oxygen atoms in total. The van der Waals surface area contributed by atoms with E-state index in [0.717, 1.165) is 102 Å². The van der Waals surface area contributed by atoms with E-state index in [-0.39, 0.29) is 25.7 Å². The molecule has 3 unspecified atom stereocenters. The minimum absolute atomic E-state index is 0.103. The fourth-order valence-electron chi connectivity index (χ4n) is 11.6. The Bertz CT molecular complexity index is 1840. The van der Waals surface area contributed by atoms with E-state index in [0.29, 0.717) is 31.6 Å². The number of hydrogen-bond acceptors (Lipinski definition) is 15. The quantitative estimate of drug-likeness (QED) is 0.0222. The minimum Gasteiger partial charge on any atom is -0.462 e. The summed E-state index contributed by atoms with van der Waals surface area (Å²) in [6.07, 6.45) is 55.7. The first kappa shape index (κ1) is 93.1. The molecule has 0 aliphatic carbocycles. The van der Waals surface area contributed by atoms with Crippen LogP contribution in [0.1, 0.15) is 395 Å². The second-order valence-electron chi connectivity index (χ2n) is 28.1. The molecule has 0 saturated carbocycles. The highest BCUT2D eigenvalue weighted by Gasteiger charge is 2.30. The highest BCUT2D eigenvalue weighted by atomic mass is 31.2. The van der Waals surface area contributed by atoms with Crippen LogP contribution in [0, 0.1) is 11.8 Å². The Labute approximate surface area is 581 Å². The first-order valence-corrected chi connectivity index (χ1v) is 42.5. The molecule has 0 bridgehead atoms. The number of ether oxygens (including phenoxy) is 4. The number of rotatable bonds is 75. The van der Waals surface area contributed by atoms with E-state index in [1.165, 1.54) is 205 Å². The van der Waals surface area contributed by atoms with Gasteiger partial charge in [-0.15, -0.1) is 0 Å². The predicted octanol–water partition coefficient (Wildman–Crippen LogP) is 22.3. The molecule has 0 aromatic rings. The molecule has 0 spiro atoms. The first-order valence-electron chi connectivity index (χ1n) is 39.5. The lowest BCUT2D eigenvalue weighted by Gasteiger charge is -2.21. The minimum atomic E-state index is -4.96. The largest absolute Gasteiger partial charge is 0.472 e. The Hall–Kier alpha value is -1.94. The van der Waals surface area contributed by atoms with Crippen LogP contribution in [-0.2, 0) is 65.4 Å². The van der Waals surface area contributed by atoms with Gasteiger partial charge in [0.2, 0.25) is 0 Å². The summed E-state index contributed by atoms with van der Waals surface area (Å²) in [6.45, 7) is 9.49.